The molecular formula is C26H21N3O7. The number of carbonyl (C=O) groups excluding carboxylic acids is 3. The van der Waals surface area contributed by atoms with Crippen LogP contribution < -0.4 is 0 Å². The maximum atomic E-state index is 12.8. The molecule has 10 nitrogen and oxygen atoms in total. The molecule has 0 spiro atoms. The van der Waals surface area contributed by atoms with Gasteiger partial charge in [0, 0.05) is 4.91 Å². The Morgan fingerprint density at radius 3 is 1.64 bits per heavy atom. The van der Waals surface area contributed by atoms with Crippen molar-refractivity contribution in [2.24, 2.45) is 5.11 Å². The average molecular weight is 487 g/mol. The van der Waals surface area contributed by atoms with Crippen LogP contribution in [0.15, 0.2) is 96.1 Å². The van der Waals surface area contributed by atoms with Gasteiger partial charge in [0.25, 0.3) is 0 Å². The van der Waals surface area contributed by atoms with Crippen molar-refractivity contribution in [3.8, 4) is 0 Å². The second-order valence-electron chi connectivity index (χ2n) is 7.71. The van der Waals surface area contributed by atoms with Crippen LogP contribution in [0.4, 0.5) is 0 Å². The van der Waals surface area contributed by atoms with Gasteiger partial charge in [-0.05, 0) is 41.9 Å². The van der Waals surface area contributed by atoms with Gasteiger partial charge in [-0.25, -0.2) is 14.4 Å². The largest absolute Gasteiger partial charge is 0.459 e. The maximum absolute atomic E-state index is 12.8. The van der Waals surface area contributed by atoms with Crippen molar-refractivity contribution in [2.75, 3.05) is 6.61 Å². The van der Waals surface area contributed by atoms with Crippen molar-refractivity contribution in [1.82, 2.24) is 0 Å². The second-order valence-corrected chi connectivity index (χ2v) is 7.71. The van der Waals surface area contributed by atoms with E-state index in [0.29, 0.717) is 5.56 Å². The number of nitrogens with zero attached hydrogens (tertiary/aromatic N) is 3. The molecule has 0 saturated carbocycles. The molecule has 1 fully saturated rings. The average Bonchev–Trinajstić information content (AvgIpc) is 3.24. The number of benzene rings is 3. The van der Waals surface area contributed by atoms with Crippen molar-refractivity contribution < 1.29 is 33.3 Å². The van der Waals surface area contributed by atoms with E-state index in [1.807, 2.05) is 0 Å². The fourth-order valence-corrected chi connectivity index (χ4v) is 3.60. The van der Waals surface area contributed by atoms with Crippen molar-refractivity contribution in [2.45, 2.75) is 24.5 Å². The number of hydrogen-bond acceptors (Lipinski definition) is 8. The number of rotatable bonds is 8. The summed E-state index contributed by atoms with van der Waals surface area (Å²) in [5.74, 6) is -2.08. The predicted molar refractivity (Wildman–Crippen MR) is 126 cm³/mol. The molecule has 1 saturated heterocycles. The van der Waals surface area contributed by atoms with E-state index in [1.54, 1.807) is 91.0 Å². The van der Waals surface area contributed by atoms with E-state index in [4.69, 9.17) is 24.5 Å². The summed E-state index contributed by atoms with van der Waals surface area (Å²) in [5, 5.41) is 3.57. The van der Waals surface area contributed by atoms with E-state index < -0.39 is 42.4 Å². The first-order valence-electron chi connectivity index (χ1n) is 11.0. The number of carbonyl (C=O) groups is 3. The highest BCUT2D eigenvalue weighted by atomic mass is 16.7. The Labute approximate surface area is 206 Å². The molecule has 3 aromatic carbocycles. The van der Waals surface area contributed by atoms with Crippen LogP contribution in [-0.2, 0) is 18.9 Å². The van der Waals surface area contributed by atoms with E-state index >= 15 is 0 Å². The molecule has 1 heterocycles. The molecule has 0 amide bonds. The standard InChI is InChI=1S/C26H21N3O7/c27-29-28-23-22(36-26(32)19-14-8-3-9-15-19)21(35-25(31)18-12-6-2-7-13-18)20(34-23)16-33-24(30)17-10-4-1-5-11-17/h1-15,20-23H,16H2/t20-,21+,22+,23+/m1/s1. The minimum Gasteiger partial charge on any atom is -0.459 e. The number of azide groups is 1. The zero-order valence-electron chi connectivity index (χ0n) is 18.9. The van der Waals surface area contributed by atoms with E-state index in [9.17, 15) is 14.4 Å². The lowest BCUT2D eigenvalue weighted by Gasteiger charge is -2.23. The van der Waals surface area contributed by atoms with Gasteiger partial charge in [-0.3, -0.25) is 0 Å². The van der Waals surface area contributed by atoms with Crippen molar-refractivity contribution in [3.63, 3.8) is 0 Å². The van der Waals surface area contributed by atoms with Gasteiger partial charge in [0.1, 0.15) is 12.7 Å². The predicted octanol–water partition coefficient (Wildman–Crippen LogP) is 4.33. The van der Waals surface area contributed by atoms with Gasteiger partial charge in [0.2, 0.25) is 0 Å². The van der Waals surface area contributed by atoms with E-state index in [2.05, 4.69) is 10.0 Å². The van der Waals surface area contributed by atoms with Crippen LogP contribution >= 0.6 is 0 Å². The van der Waals surface area contributed by atoms with Gasteiger partial charge in [0.15, 0.2) is 18.4 Å². The third-order valence-electron chi connectivity index (χ3n) is 5.34. The smallest absolute Gasteiger partial charge is 0.338 e. The van der Waals surface area contributed by atoms with Crippen LogP contribution in [0.2, 0.25) is 0 Å². The molecule has 0 bridgehead atoms. The lowest BCUT2D eigenvalue weighted by Crippen LogP contribution is -2.41. The molecule has 0 radical (unpaired) electrons. The van der Waals surface area contributed by atoms with Crippen molar-refractivity contribution in [1.29, 1.82) is 0 Å². The lowest BCUT2D eigenvalue weighted by atomic mass is 10.1. The van der Waals surface area contributed by atoms with Crippen LogP contribution in [0.1, 0.15) is 31.1 Å². The summed E-state index contributed by atoms with van der Waals surface area (Å²) < 4.78 is 22.3. The van der Waals surface area contributed by atoms with Gasteiger partial charge in [-0.15, -0.1) is 0 Å². The molecule has 4 rings (SSSR count). The quantitative estimate of drug-likeness (QED) is 0.152. The fraction of sp³-hybridized carbons (Fsp3) is 0.192. The summed E-state index contributed by atoms with van der Waals surface area (Å²) in [6, 6.07) is 24.6. The Morgan fingerprint density at radius 1 is 0.722 bits per heavy atom. The highest BCUT2D eigenvalue weighted by Crippen LogP contribution is 2.30. The molecule has 182 valence electrons. The Balaban J connectivity index is 1.58. The summed E-state index contributed by atoms with van der Waals surface area (Å²) in [6.07, 6.45) is -4.92. The third kappa shape index (κ3) is 5.87. The highest BCUT2D eigenvalue weighted by Gasteiger charge is 2.50. The monoisotopic (exact) mass is 487 g/mol. The van der Waals surface area contributed by atoms with Crippen molar-refractivity contribution >= 4 is 17.9 Å². The number of esters is 3. The zero-order valence-corrected chi connectivity index (χ0v) is 18.9. The minimum atomic E-state index is -1.32. The molecule has 36 heavy (non-hydrogen) atoms. The van der Waals surface area contributed by atoms with E-state index in [-0.39, 0.29) is 17.7 Å². The van der Waals surface area contributed by atoms with E-state index in [0.717, 1.165) is 0 Å². The summed E-state index contributed by atoms with van der Waals surface area (Å²) in [6.45, 7) is -0.350. The van der Waals surface area contributed by atoms with Gasteiger partial charge in [-0.1, -0.05) is 59.7 Å². The first-order valence-corrected chi connectivity index (χ1v) is 11.0. The summed E-state index contributed by atoms with van der Waals surface area (Å²) in [7, 11) is 0. The Bertz CT molecular complexity index is 1250. The topological polar surface area (TPSA) is 137 Å². The lowest BCUT2D eigenvalue weighted by molar-refractivity contribution is -0.0445. The first-order chi connectivity index (χ1) is 17.6. The zero-order chi connectivity index (χ0) is 25.3. The molecule has 0 unspecified atom stereocenters. The number of ether oxygens (including phenoxy) is 4. The van der Waals surface area contributed by atoms with Crippen LogP contribution in [0.3, 0.4) is 0 Å². The molecule has 0 aromatic heterocycles. The van der Waals surface area contributed by atoms with Gasteiger partial charge in [-0.2, -0.15) is 0 Å². The molecule has 1 aliphatic rings. The summed E-state index contributed by atoms with van der Waals surface area (Å²) in [4.78, 5) is 40.8. The SMILES string of the molecule is [N-]=[N+]=N[C@H]1O[C@H](COC(=O)c2ccccc2)[C@H](OC(=O)c2ccccc2)[C@@H]1OC(=O)c1ccccc1. The van der Waals surface area contributed by atoms with Crippen LogP contribution in [0.25, 0.3) is 10.4 Å². The van der Waals surface area contributed by atoms with Crippen LogP contribution in [-0.4, -0.2) is 49.1 Å². The minimum absolute atomic E-state index is 0.240. The Kier molecular flexibility index (Phi) is 7.92. The van der Waals surface area contributed by atoms with Crippen LogP contribution in [0, 0.1) is 0 Å². The molecule has 0 aliphatic carbocycles. The third-order valence-corrected chi connectivity index (χ3v) is 5.34. The molecule has 4 atom stereocenters. The Hall–Kier alpha value is -4.66. The maximum Gasteiger partial charge on any atom is 0.338 e. The van der Waals surface area contributed by atoms with Gasteiger partial charge >= 0.3 is 17.9 Å². The molecule has 10 heteroatoms. The van der Waals surface area contributed by atoms with Crippen LogP contribution in [0.5, 0.6) is 0 Å². The Morgan fingerprint density at radius 2 is 1.17 bits per heavy atom. The number of hydrogen-bond donors (Lipinski definition) is 0. The normalized spacial score (nSPS) is 20.6. The molecular weight excluding hydrogens is 466 g/mol. The van der Waals surface area contributed by atoms with Gasteiger partial charge < -0.3 is 18.9 Å². The summed E-state index contributed by atoms with van der Waals surface area (Å²) >= 11 is 0. The highest BCUT2D eigenvalue weighted by molar-refractivity contribution is 5.91. The molecule has 0 N–H and O–H groups in total. The fourth-order valence-electron chi connectivity index (χ4n) is 3.60. The first kappa shape index (κ1) is 24.5. The molecule has 3 aromatic rings. The van der Waals surface area contributed by atoms with E-state index in [1.165, 1.54) is 0 Å². The second kappa shape index (κ2) is 11.7. The van der Waals surface area contributed by atoms with Crippen molar-refractivity contribution in [3.05, 3.63) is 118 Å². The van der Waals surface area contributed by atoms with Gasteiger partial charge in [0.05, 0.1) is 16.7 Å². The summed E-state index contributed by atoms with van der Waals surface area (Å²) in [5.41, 5.74) is 9.84. The molecule has 1 aliphatic heterocycles.